The lowest BCUT2D eigenvalue weighted by molar-refractivity contribution is -0.138. The van der Waals surface area contributed by atoms with Gasteiger partial charge in [-0.1, -0.05) is 6.07 Å². The first-order valence-corrected chi connectivity index (χ1v) is 7.43. The standard InChI is InChI=1S/C12H14F3NO3S/c1-8-10(12(13,14)15)3-2-4-11(8)20(18,19)16-6-5-9(17)7-16/h2-4,9,17H,5-7H2,1H3/t9-/m1/s1. The molecule has 1 aromatic carbocycles. The Morgan fingerprint density at radius 2 is 2.00 bits per heavy atom. The van der Waals surface area contributed by atoms with E-state index in [-0.39, 0.29) is 30.0 Å². The maximum Gasteiger partial charge on any atom is 0.416 e. The number of hydrogen-bond acceptors (Lipinski definition) is 3. The van der Waals surface area contributed by atoms with E-state index in [0.717, 1.165) is 29.4 Å². The molecule has 0 radical (unpaired) electrons. The van der Waals surface area contributed by atoms with Gasteiger partial charge in [0, 0.05) is 13.1 Å². The van der Waals surface area contributed by atoms with Crippen molar-refractivity contribution in [2.75, 3.05) is 13.1 Å². The fourth-order valence-electron chi connectivity index (χ4n) is 2.27. The molecule has 1 fully saturated rings. The fourth-order valence-corrected chi connectivity index (χ4v) is 4.01. The minimum Gasteiger partial charge on any atom is -0.392 e. The molecular formula is C12H14F3NO3S. The number of halogens is 3. The summed E-state index contributed by atoms with van der Waals surface area (Å²) in [6.45, 7) is 1.17. The molecular weight excluding hydrogens is 295 g/mol. The monoisotopic (exact) mass is 309 g/mol. The van der Waals surface area contributed by atoms with Crippen LogP contribution in [-0.2, 0) is 16.2 Å². The van der Waals surface area contributed by atoms with Gasteiger partial charge in [0.25, 0.3) is 0 Å². The van der Waals surface area contributed by atoms with Crippen LogP contribution < -0.4 is 0 Å². The summed E-state index contributed by atoms with van der Waals surface area (Å²) < 4.78 is 64.1. The topological polar surface area (TPSA) is 57.6 Å². The lowest BCUT2D eigenvalue weighted by Crippen LogP contribution is -2.30. The minimum atomic E-state index is -4.60. The number of rotatable bonds is 2. The first-order valence-electron chi connectivity index (χ1n) is 5.99. The van der Waals surface area contributed by atoms with E-state index >= 15 is 0 Å². The van der Waals surface area contributed by atoms with Crippen molar-refractivity contribution in [2.24, 2.45) is 0 Å². The van der Waals surface area contributed by atoms with E-state index in [2.05, 4.69) is 0 Å². The summed E-state index contributed by atoms with van der Waals surface area (Å²) in [7, 11) is -4.01. The molecule has 1 aliphatic heterocycles. The van der Waals surface area contributed by atoms with E-state index in [9.17, 15) is 26.7 Å². The zero-order valence-corrected chi connectivity index (χ0v) is 11.5. The number of sulfonamides is 1. The van der Waals surface area contributed by atoms with Crippen LogP contribution in [0.15, 0.2) is 23.1 Å². The largest absolute Gasteiger partial charge is 0.416 e. The highest BCUT2D eigenvalue weighted by atomic mass is 32.2. The zero-order valence-electron chi connectivity index (χ0n) is 10.7. The highest BCUT2D eigenvalue weighted by Gasteiger charge is 2.37. The Labute approximate surface area is 114 Å². The molecule has 0 saturated carbocycles. The summed E-state index contributed by atoms with van der Waals surface area (Å²) in [5, 5.41) is 9.38. The number of aliphatic hydroxyl groups is 1. The van der Waals surface area contributed by atoms with Crippen molar-refractivity contribution in [2.45, 2.75) is 30.5 Å². The van der Waals surface area contributed by atoms with Gasteiger partial charge in [0.1, 0.15) is 0 Å². The van der Waals surface area contributed by atoms with E-state index in [4.69, 9.17) is 0 Å². The maximum absolute atomic E-state index is 12.8. The van der Waals surface area contributed by atoms with Crippen molar-refractivity contribution >= 4 is 10.0 Å². The average molecular weight is 309 g/mol. The number of β-amino-alcohol motifs (C(OH)–C–C–N with tert-alkyl or cyclic N) is 1. The molecule has 1 saturated heterocycles. The number of hydrogen-bond donors (Lipinski definition) is 1. The third kappa shape index (κ3) is 2.68. The maximum atomic E-state index is 12.8. The van der Waals surface area contributed by atoms with Gasteiger partial charge >= 0.3 is 6.18 Å². The van der Waals surface area contributed by atoms with Crippen LogP contribution in [0.5, 0.6) is 0 Å². The van der Waals surface area contributed by atoms with Gasteiger partial charge in [-0.3, -0.25) is 0 Å². The van der Waals surface area contributed by atoms with Gasteiger partial charge in [0.05, 0.1) is 16.6 Å². The van der Waals surface area contributed by atoms with E-state index in [1.54, 1.807) is 0 Å². The van der Waals surface area contributed by atoms with E-state index < -0.39 is 27.9 Å². The predicted molar refractivity (Wildman–Crippen MR) is 65.6 cm³/mol. The predicted octanol–water partition coefficient (Wildman–Crippen LogP) is 1.77. The van der Waals surface area contributed by atoms with Gasteiger partial charge in [-0.25, -0.2) is 8.42 Å². The van der Waals surface area contributed by atoms with Gasteiger partial charge in [0.15, 0.2) is 0 Å². The van der Waals surface area contributed by atoms with Crippen LogP contribution in [0.4, 0.5) is 13.2 Å². The van der Waals surface area contributed by atoms with Crippen molar-refractivity contribution in [3.8, 4) is 0 Å². The highest BCUT2D eigenvalue weighted by molar-refractivity contribution is 7.89. The zero-order chi connectivity index (χ0) is 15.1. The Balaban J connectivity index is 2.48. The molecule has 2 rings (SSSR count). The lowest BCUT2D eigenvalue weighted by Gasteiger charge is -2.19. The summed E-state index contributed by atoms with van der Waals surface area (Å²) in [6.07, 6.45) is -5.08. The molecule has 1 N–H and O–H groups in total. The number of alkyl halides is 3. The Hall–Kier alpha value is -1.12. The molecule has 0 amide bonds. The molecule has 8 heteroatoms. The molecule has 0 spiro atoms. The van der Waals surface area contributed by atoms with Crippen molar-refractivity contribution in [1.82, 2.24) is 4.31 Å². The molecule has 1 aliphatic rings. The summed E-state index contributed by atoms with van der Waals surface area (Å²) >= 11 is 0. The molecule has 1 heterocycles. The van der Waals surface area contributed by atoms with Crippen molar-refractivity contribution in [1.29, 1.82) is 0 Å². The van der Waals surface area contributed by atoms with Crippen molar-refractivity contribution in [3.05, 3.63) is 29.3 Å². The van der Waals surface area contributed by atoms with Crippen LogP contribution in [-0.4, -0.2) is 37.0 Å². The second kappa shape index (κ2) is 5.01. The molecule has 0 aromatic heterocycles. The summed E-state index contributed by atoms with van der Waals surface area (Å²) in [4.78, 5) is -0.360. The Kier molecular flexibility index (Phi) is 3.83. The van der Waals surface area contributed by atoms with Crippen LogP contribution in [0.3, 0.4) is 0 Å². The summed E-state index contributed by atoms with van der Waals surface area (Å²) in [6, 6.07) is 3.09. The molecule has 1 aromatic rings. The number of aliphatic hydroxyl groups excluding tert-OH is 1. The van der Waals surface area contributed by atoms with Crippen LogP contribution in [0.25, 0.3) is 0 Å². The second-order valence-electron chi connectivity index (χ2n) is 4.73. The highest BCUT2D eigenvalue weighted by Crippen LogP contribution is 2.35. The van der Waals surface area contributed by atoms with E-state index in [0.29, 0.717) is 0 Å². The Morgan fingerprint density at radius 1 is 1.35 bits per heavy atom. The van der Waals surface area contributed by atoms with Gasteiger partial charge < -0.3 is 5.11 Å². The Morgan fingerprint density at radius 3 is 2.50 bits per heavy atom. The molecule has 0 bridgehead atoms. The molecule has 0 unspecified atom stereocenters. The number of nitrogens with zero attached hydrogens (tertiary/aromatic N) is 1. The van der Waals surface area contributed by atoms with Gasteiger partial charge in [-0.15, -0.1) is 0 Å². The third-order valence-electron chi connectivity index (χ3n) is 3.33. The first kappa shape index (κ1) is 15.3. The van der Waals surface area contributed by atoms with E-state index in [1.807, 2.05) is 0 Å². The third-order valence-corrected chi connectivity index (χ3v) is 5.34. The van der Waals surface area contributed by atoms with Crippen LogP contribution in [0, 0.1) is 6.92 Å². The van der Waals surface area contributed by atoms with Crippen LogP contribution in [0.2, 0.25) is 0 Å². The SMILES string of the molecule is Cc1c(C(F)(F)F)cccc1S(=O)(=O)N1CC[C@@H](O)C1. The average Bonchev–Trinajstić information content (AvgIpc) is 2.75. The molecule has 1 atom stereocenters. The van der Waals surface area contributed by atoms with Crippen LogP contribution >= 0.6 is 0 Å². The molecule has 20 heavy (non-hydrogen) atoms. The molecule has 0 aliphatic carbocycles. The normalized spacial score (nSPS) is 21.4. The summed E-state index contributed by atoms with van der Waals surface area (Å²) in [5.41, 5.74) is -1.28. The van der Waals surface area contributed by atoms with Gasteiger partial charge in [-0.2, -0.15) is 17.5 Å². The lowest BCUT2D eigenvalue weighted by atomic mass is 10.1. The van der Waals surface area contributed by atoms with Crippen molar-refractivity contribution < 1.29 is 26.7 Å². The molecule has 112 valence electrons. The minimum absolute atomic E-state index is 0.0853. The van der Waals surface area contributed by atoms with Gasteiger partial charge in [-0.05, 0) is 31.0 Å². The number of benzene rings is 1. The Bertz CT molecular complexity index is 613. The second-order valence-corrected chi connectivity index (χ2v) is 6.64. The quantitative estimate of drug-likeness (QED) is 0.906. The van der Waals surface area contributed by atoms with Crippen LogP contribution in [0.1, 0.15) is 17.5 Å². The molecule has 4 nitrogen and oxygen atoms in total. The van der Waals surface area contributed by atoms with Gasteiger partial charge in [0.2, 0.25) is 10.0 Å². The summed E-state index contributed by atoms with van der Waals surface area (Å²) in [5.74, 6) is 0. The smallest absolute Gasteiger partial charge is 0.392 e. The van der Waals surface area contributed by atoms with Crippen molar-refractivity contribution in [3.63, 3.8) is 0 Å². The first-order chi connectivity index (χ1) is 9.14. The van der Waals surface area contributed by atoms with E-state index in [1.165, 1.54) is 0 Å². The fraction of sp³-hybridized carbons (Fsp3) is 0.500.